The van der Waals surface area contributed by atoms with Crippen molar-refractivity contribution in [3.63, 3.8) is 0 Å². The Hall–Kier alpha value is -3.53. The molecule has 2 atom stereocenters. The van der Waals surface area contributed by atoms with Gasteiger partial charge in [0.1, 0.15) is 11.6 Å². The van der Waals surface area contributed by atoms with Crippen molar-refractivity contribution < 1.29 is 23.2 Å². The van der Waals surface area contributed by atoms with Crippen molar-refractivity contribution in [1.29, 1.82) is 0 Å². The summed E-state index contributed by atoms with van der Waals surface area (Å²) in [4.78, 5) is 25.2. The highest BCUT2D eigenvalue weighted by molar-refractivity contribution is 5.78. The highest BCUT2D eigenvalue weighted by Crippen LogP contribution is 2.47. The number of anilines is 2. The van der Waals surface area contributed by atoms with Crippen LogP contribution in [0.3, 0.4) is 0 Å². The van der Waals surface area contributed by atoms with Gasteiger partial charge in [-0.05, 0) is 73.6 Å². The molecule has 0 aromatic carbocycles. The van der Waals surface area contributed by atoms with E-state index in [0.29, 0.717) is 17.9 Å². The summed E-state index contributed by atoms with van der Waals surface area (Å²) in [6.07, 6.45) is 0.592. The van der Waals surface area contributed by atoms with E-state index in [1.165, 1.54) is 0 Å². The van der Waals surface area contributed by atoms with Gasteiger partial charge >= 0.3 is 6.18 Å². The number of alkyl halides is 3. The first-order chi connectivity index (χ1) is 17.0. The summed E-state index contributed by atoms with van der Waals surface area (Å²) in [5, 5.41) is 11.9. The van der Waals surface area contributed by atoms with Crippen LogP contribution in [0.2, 0.25) is 0 Å². The molecule has 1 amide bonds. The summed E-state index contributed by atoms with van der Waals surface area (Å²) in [5.41, 5.74) is 3.91. The van der Waals surface area contributed by atoms with Crippen LogP contribution in [-0.2, 0) is 11.0 Å². The molecule has 1 aliphatic rings. The fourth-order valence-corrected chi connectivity index (χ4v) is 4.94. The van der Waals surface area contributed by atoms with Gasteiger partial charge in [0.15, 0.2) is 0 Å². The van der Waals surface area contributed by atoms with Gasteiger partial charge < -0.3 is 5.32 Å². The van der Waals surface area contributed by atoms with Crippen molar-refractivity contribution >= 4 is 17.5 Å². The van der Waals surface area contributed by atoms with Crippen molar-refractivity contribution in [3.8, 4) is 11.3 Å². The Morgan fingerprint density at radius 2 is 1.86 bits per heavy atom. The third-order valence-corrected chi connectivity index (χ3v) is 6.76. The Labute approximate surface area is 207 Å². The molecule has 190 valence electrons. The molecule has 36 heavy (non-hydrogen) atoms. The van der Waals surface area contributed by atoms with Crippen LogP contribution in [0.4, 0.5) is 24.8 Å². The highest BCUT2D eigenvalue weighted by Gasteiger charge is 2.41. The second-order valence-corrected chi connectivity index (χ2v) is 9.93. The number of aromatic nitrogens is 3. The number of aryl methyl sites for hydroxylation is 1. The Bertz CT molecular complexity index is 1250. The molecule has 0 radical (unpaired) electrons. The molecular formula is C26H28F3N5O2. The van der Waals surface area contributed by atoms with E-state index in [1.54, 1.807) is 17.7 Å². The third-order valence-electron chi connectivity index (χ3n) is 6.76. The normalized spacial score (nSPS) is 19.5. The molecule has 3 N–H and O–H groups in total. The average molecular weight is 500 g/mol. The van der Waals surface area contributed by atoms with Crippen LogP contribution < -0.4 is 10.8 Å². The first-order valence-corrected chi connectivity index (χ1v) is 11.7. The molecule has 0 saturated heterocycles. The second kappa shape index (κ2) is 9.85. The van der Waals surface area contributed by atoms with Gasteiger partial charge in [0, 0.05) is 35.5 Å². The number of pyridine rings is 3. The topological polar surface area (TPSA) is 100 Å². The lowest BCUT2D eigenvalue weighted by atomic mass is 9.64. The van der Waals surface area contributed by atoms with Crippen LogP contribution >= 0.6 is 0 Å². The van der Waals surface area contributed by atoms with E-state index in [9.17, 15) is 18.0 Å². The van der Waals surface area contributed by atoms with Crippen LogP contribution in [0.15, 0.2) is 48.8 Å². The molecular weight excluding hydrogens is 471 g/mol. The summed E-state index contributed by atoms with van der Waals surface area (Å²) in [6.45, 7) is 5.93. The van der Waals surface area contributed by atoms with E-state index in [-0.39, 0.29) is 29.0 Å². The van der Waals surface area contributed by atoms with Crippen molar-refractivity contribution in [2.45, 2.75) is 52.1 Å². The molecule has 7 nitrogen and oxygen atoms in total. The first-order valence-electron chi connectivity index (χ1n) is 11.7. The molecule has 0 spiro atoms. The molecule has 0 aliphatic heterocycles. The van der Waals surface area contributed by atoms with Gasteiger partial charge in [-0.2, -0.15) is 13.2 Å². The minimum atomic E-state index is -4.46. The van der Waals surface area contributed by atoms with Gasteiger partial charge in [0.05, 0.1) is 11.3 Å². The number of nitrogens with zero attached hydrogens (tertiary/aromatic N) is 3. The van der Waals surface area contributed by atoms with Crippen LogP contribution in [-0.4, -0.2) is 26.1 Å². The molecule has 4 rings (SSSR count). The average Bonchev–Trinajstić information content (AvgIpc) is 2.82. The number of amides is 1. The summed E-state index contributed by atoms with van der Waals surface area (Å²) in [5.74, 6) is 0.00818. The SMILES string of the molecule is Cc1cc(Nc2cc(C(F)(F)F)ccn2)nc(-c2ccc(C3CCC(C(=O)NO)C(C)(C)C3)nc2)c1. The lowest BCUT2D eigenvalue weighted by Crippen LogP contribution is -2.41. The van der Waals surface area contributed by atoms with Crippen molar-refractivity contribution in [2.75, 3.05) is 5.32 Å². The van der Waals surface area contributed by atoms with E-state index in [2.05, 4.69) is 20.3 Å². The van der Waals surface area contributed by atoms with Gasteiger partial charge in [0.2, 0.25) is 5.91 Å². The molecule has 1 aliphatic carbocycles. The molecule has 3 aromatic heterocycles. The Kier molecular flexibility index (Phi) is 6.99. The van der Waals surface area contributed by atoms with Gasteiger partial charge in [-0.3, -0.25) is 15.0 Å². The fraction of sp³-hybridized carbons (Fsp3) is 0.385. The highest BCUT2D eigenvalue weighted by atomic mass is 19.4. The minimum Gasteiger partial charge on any atom is -0.325 e. The number of carbonyl (C=O) groups is 1. The first kappa shape index (κ1) is 25.6. The monoisotopic (exact) mass is 499 g/mol. The van der Waals surface area contributed by atoms with E-state index in [1.807, 2.05) is 39.0 Å². The largest absolute Gasteiger partial charge is 0.416 e. The third kappa shape index (κ3) is 5.64. The minimum absolute atomic E-state index is 0.0513. The van der Waals surface area contributed by atoms with Gasteiger partial charge in [-0.25, -0.2) is 15.4 Å². The van der Waals surface area contributed by atoms with E-state index in [0.717, 1.165) is 48.0 Å². The predicted molar refractivity (Wildman–Crippen MR) is 129 cm³/mol. The molecule has 2 unspecified atom stereocenters. The van der Waals surface area contributed by atoms with Gasteiger partial charge in [0.25, 0.3) is 0 Å². The number of carbonyl (C=O) groups excluding carboxylic acids is 1. The maximum absolute atomic E-state index is 13.0. The maximum atomic E-state index is 13.0. The lowest BCUT2D eigenvalue weighted by molar-refractivity contribution is -0.139. The van der Waals surface area contributed by atoms with Crippen LogP contribution in [0, 0.1) is 18.3 Å². The Morgan fingerprint density at radius 3 is 2.50 bits per heavy atom. The van der Waals surface area contributed by atoms with E-state index in [4.69, 9.17) is 5.21 Å². The summed E-state index contributed by atoms with van der Waals surface area (Å²) in [6, 6.07) is 9.35. The lowest BCUT2D eigenvalue weighted by Gasteiger charge is -2.41. The Morgan fingerprint density at radius 1 is 1.08 bits per heavy atom. The summed E-state index contributed by atoms with van der Waals surface area (Å²) in [7, 11) is 0. The summed E-state index contributed by atoms with van der Waals surface area (Å²) < 4.78 is 39.1. The smallest absolute Gasteiger partial charge is 0.325 e. The quantitative estimate of drug-likeness (QED) is 0.293. The number of halogens is 3. The number of hydrogen-bond donors (Lipinski definition) is 3. The number of hydroxylamine groups is 1. The number of nitrogens with one attached hydrogen (secondary N) is 2. The molecule has 1 saturated carbocycles. The molecule has 0 bridgehead atoms. The maximum Gasteiger partial charge on any atom is 0.416 e. The second-order valence-electron chi connectivity index (χ2n) is 9.93. The molecule has 10 heteroatoms. The van der Waals surface area contributed by atoms with Crippen molar-refractivity contribution in [3.05, 3.63) is 65.6 Å². The number of hydrogen-bond acceptors (Lipinski definition) is 6. The fourth-order valence-electron chi connectivity index (χ4n) is 4.94. The van der Waals surface area contributed by atoms with E-state index >= 15 is 0 Å². The standard InChI is InChI=1S/C26H28F3N5O2/c1-15-10-21(32-23(11-15)33-22-12-18(8-9-30-22)26(27,28)29)17-5-7-20(31-14-17)16-4-6-19(24(35)34-36)25(2,3)13-16/h5,7-12,14,16,19,36H,4,6,13H2,1-3H3,(H,34,35)(H,30,32,33). The van der Waals surface area contributed by atoms with Crippen molar-refractivity contribution in [1.82, 2.24) is 20.4 Å². The number of rotatable bonds is 5. The van der Waals surface area contributed by atoms with Crippen LogP contribution in [0.1, 0.15) is 55.8 Å². The molecule has 1 fully saturated rings. The van der Waals surface area contributed by atoms with E-state index < -0.39 is 11.7 Å². The predicted octanol–water partition coefficient (Wildman–Crippen LogP) is 6.02. The molecule has 3 heterocycles. The van der Waals surface area contributed by atoms with Gasteiger partial charge in [-0.1, -0.05) is 13.8 Å². The van der Waals surface area contributed by atoms with Gasteiger partial charge in [-0.15, -0.1) is 0 Å². The van der Waals surface area contributed by atoms with Crippen molar-refractivity contribution in [2.24, 2.45) is 11.3 Å². The van der Waals surface area contributed by atoms with Crippen LogP contribution in [0.25, 0.3) is 11.3 Å². The zero-order valence-corrected chi connectivity index (χ0v) is 20.2. The zero-order valence-electron chi connectivity index (χ0n) is 20.2. The van der Waals surface area contributed by atoms with Crippen LogP contribution in [0.5, 0.6) is 0 Å². The summed E-state index contributed by atoms with van der Waals surface area (Å²) >= 11 is 0. The zero-order chi connectivity index (χ0) is 26.1. The molecule has 3 aromatic rings. The Balaban J connectivity index is 1.52.